The van der Waals surface area contributed by atoms with Gasteiger partial charge in [-0.2, -0.15) is 78.9 Å². The molecular formula is C15H14F17NO4S. The molecule has 0 aromatic heterocycles. The highest BCUT2D eigenvalue weighted by Gasteiger charge is 2.96. The van der Waals surface area contributed by atoms with E-state index in [0.29, 0.717) is 13.8 Å². The Kier molecular flexibility index (Phi) is 9.51. The summed E-state index contributed by atoms with van der Waals surface area (Å²) in [5, 5.41) is -7.73. The number of rotatable bonds is 12. The van der Waals surface area contributed by atoms with Gasteiger partial charge in [0.05, 0.1) is 6.61 Å². The summed E-state index contributed by atoms with van der Waals surface area (Å²) in [6.45, 7) is -0.645. The van der Waals surface area contributed by atoms with Crippen LogP contribution in [-0.2, 0) is 19.6 Å². The molecule has 0 saturated heterocycles. The molecule has 0 radical (unpaired) electrons. The Labute approximate surface area is 200 Å². The number of esters is 1. The minimum absolute atomic E-state index is 0.492. The van der Waals surface area contributed by atoms with E-state index in [1.807, 2.05) is 0 Å². The van der Waals surface area contributed by atoms with Crippen molar-refractivity contribution < 1.29 is 92.6 Å². The molecule has 0 aromatic carbocycles. The molecule has 0 bridgehead atoms. The van der Waals surface area contributed by atoms with Crippen LogP contribution in [0.5, 0.6) is 0 Å². The second kappa shape index (κ2) is 9.98. The molecule has 0 aliphatic carbocycles. The van der Waals surface area contributed by atoms with Crippen LogP contribution in [0.15, 0.2) is 0 Å². The number of alkyl halides is 17. The largest absolute Gasteiger partial charge is 0.465 e. The summed E-state index contributed by atoms with van der Waals surface area (Å²) in [5.41, 5.74) is 0. The fraction of sp³-hybridized carbons (Fsp3) is 0.933. The summed E-state index contributed by atoms with van der Waals surface area (Å²) < 4.78 is 254. The fourth-order valence-electron chi connectivity index (χ4n) is 2.34. The predicted molar refractivity (Wildman–Crippen MR) is 88.1 cm³/mol. The monoisotopic (exact) mass is 627 g/mol. The lowest BCUT2D eigenvalue weighted by Crippen LogP contribution is -2.75. The average molecular weight is 627 g/mol. The second-order valence-electron chi connectivity index (χ2n) is 7.41. The Hall–Kier alpha value is -1.81. The first kappa shape index (κ1) is 36.2. The number of nitrogens with zero attached hydrogens (tertiary/aromatic N) is 1. The van der Waals surface area contributed by atoms with E-state index >= 15 is 0 Å². The summed E-state index contributed by atoms with van der Waals surface area (Å²) in [6.07, 6.45) is -7.91. The number of halogens is 17. The van der Waals surface area contributed by atoms with Crippen molar-refractivity contribution in [1.29, 1.82) is 0 Å². The quantitative estimate of drug-likeness (QED) is 0.210. The van der Waals surface area contributed by atoms with E-state index in [-0.39, 0.29) is 0 Å². The summed E-state index contributed by atoms with van der Waals surface area (Å²) in [6, 6.07) is -2.11. The van der Waals surface area contributed by atoms with Crippen LogP contribution in [-0.4, -0.2) is 84.9 Å². The van der Waals surface area contributed by atoms with Crippen molar-refractivity contribution in [2.75, 3.05) is 13.2 Å². The van der Waals surface area contributed by atoms with Gasteiger partial charge in [-0.3, -0.25) is 4.79 Å². The number of hydrogen-bond donors (Lipinski definition) is 0. The molecule has 0 aliphatic rings. The molecule has 228 valence electrons. The maximum Gasteiger partial charge on any atom is 0.460 e. The molecule has 0 aromatic rings. The molecule has 0 unspecified atom stereocenters. The van der Waals surface area contributed by atoms with Gasteiger partial charge >= 0.3 is 52.9 Å². The van der Waals surface area contributed by atoms with Gasteiger partial charge in [-0.05, 0) is 20.8 Å². The van der Waals surface area contributed by atoms with Gasteiger partial charge in [0.15, 0.2) is 0 Å². The van der Waals surface area contributed by atoms with E-state index in [9.17, 15) is 87.8 Å². The Bertz CT molecular complexity index is 974. The molecule has 38 heavy (non-hydrogen) atoms. The highest BCUT2D eigenvalue weighted by Crippen LogP contribution is 2.64. The van der Waals surface area contributed by atoms with Gasteiger partial charge < -0.3 is 4.74 Å². The van der Waals surface area contributed by atoms with Crippen LogP contribution in [0.1, 0.15) is 20.8 Å². The summed E-state index contributed by atoms with van der Waals surface area (Å²) >= 11 is 0. The minimum atomic E-state index is -8.93. The van der Waals surface area contributed by atoms with Crippen LogP contribution in [0.25, 0.3) is 0 Å². The Morgan fingerprint density at radius 1 is 0.658 bits per heavy atom. The van der Waals surface area contributed by atoms with Crippen molar-refractivity contribution in [2.24, 2.45) is 0 Å². The van der Waals surface area contributed by atoms with Gasteiger partial charge in [-0.1, -0.05) is 0 Å². The van der Waals surface area contributed by atoms with E-state index in [1.54, 1.807) is 0 Å². The first-order valence-corrected chi connectivity index (χ1v) is 10.6. The Morgan fingerprint density at radius 3 is 1.26 bits per heavy atom. The van der Waals surface area contributed by atoms with Crippen LogP contribution in [0.3, 0.4) is 0 Å². The zero-order valence-corrected chi connectivity index (χ0v) is 19.2. The van der Waals surface area contributed by atoms with Crippen LogP contribution in [0.2, 0.25) is 0 Å². The molecule has 0 saturated carbocycles. The number of carbonyl (C=O) groups excluding carboxylic acids is 1. The highest BCUT2D eigenvalue weighted by atomic mass is 32.2. The summed E-state index contributed by atoms with van der Waals surface area (Å²) in [7, 11) is -7.57. The van der Waals surface area contributed by atoms with Crippen molar-refractivity contribution in [3.05, 3.63) is 0 Å². The summed E-state index contributed by atoms with van der Waals surface area (Å²) in [5.74, 6) is -54.0. The van der Waals surface area contributed by atoms with E-state index in [2.05, 4.69) is 4.74 Å². The molecule has 0 aliphatic heterocycles. The normalized spacial score (nSPS) is 15.8. The molecule has 0 rings (SSSR count). The third-order valence-electron chi connectivity index (χ3n) is 4.49. The molecule has 23 heteroatoms. The zero-order chi connectivity index (χ0) is 31.4. The smallest absolute Gasteiger partial charge is 0.460 e. The van der Waals surface area contributed by atoms with Gasteiger partial charge in [-0.15, -0.1) is 0 Å². The van der Waals surface area contributed by atoms with Gasteiger partial charge in [-0.25, -0.2) is 8.42 Å². The van der Waals surface area contributed by atoms with Gasteiger partial charge in [0.1, 0.15) is 6.54 Å². The first-order valence-electron chi connectivity index (χ1n) is 9.17. The Morgan fingerprint density at radius 2 is 0.974 bits per heavy atom. The maximum absolute atomic E-state index is 14.3. The van der Waals surface area contributed by atoms with Gasteiger partial charge in [0.25, 0.3) is 10.0 Å². The highest BCUT2D eigenvalue weighted by molar-refractivity contribution is 7.90. The molecule has 0 atom stereocenters. The number of hydrogen-bond acceptors (Lipinski definition) is 4. The molecule has 0 amide bonds. The fourth-order valence-corrected chi connectivity index (χ4v) is 3.91. The van der Waals surface area contributed by atoms with Crippen LogP contribution in [0, 0.1) is 0 Å². The lowest BCUT2D eigenvalue weighted by molar-refractivity contribution is -0.458. The van der Waals surface area contributed by atoms with Crippen LogP contribution < -0.4 is 0 Å². The van der Waals surface area contributed by atoms with E-state index < -0.39 is 86.5 Å². The lowest BCUT2D eigenvalue weighted by Gasteiger charge is -2.43. The SMILES string of the molecule is CCOC(=O)CN(C(C)C)S(=O)(=O)C(F)(F)C(F)(F)C(F)(F)C(F)(F)C(F)(F)C(F)(F)C(F)(F)C(F)(F)F. The third kappa shape index (κ3) is 4.95. The minimum Gasteiger partial charge on any atom is -0.465 e. The number of carbonyl (C=O) groups is 1. The van der Waals surface area contributed by atoms with Crippen molar-refractivity contribution in [1.82, 2.24) is 4.31 Å². The third-order valence-corrected chi connectivity index (χ3v) is 6.56. The van der Waals surface area contributed by atoms with Crippen molar-refractivity contribution in [2.45, 2.75) is 73.8 Å². The standard InChI is InChI=1S/C15H14F17NO4S/c1-4-37-7(34)5-33(6(2)3)38(35,36)15(31,32)13(26,27)11(22,23)9(18,19)8(16,17)10(20,21)12(24,25)14(28,29)30/h6H,4-5H2,1-3H3. The number of ether oxygens (including phenoxy) is 1. The predicted octanol–water partition coefficient (Wildman–Crippen LogP) is 5.56. The molecule has 0 fully saturated rings. The van der Waals surface area contributed by atoms with E-state index in [1.165, 1.54) is 0 Å². The van der Waals surface area contributed by atoms with Crippen LogP contribution in [0.4, 0.5) is 74.6 Å². The molecule has 5 nitrogen and oxygen atoms in total. The van der Waals surface area contributed by atoms with Crippen molar-refractivity contribution in [3.63, 3.8) is 0 Å². The number of sulfonamides is 1. The van der Waals surface area contributed by atoms with E-state index in [0.717, 1.165) is 6.92 Å². The average Bonchev–Trinajstić information content (AvgIpc) is 2.69. The second-order valence-corrected chi connectivity index (χ2v) is 9.34. The molecule has 0 spiro atoms. The maximum atomic E-state index is 14.3. The van der Waals surface area contributed by atoms with Crippen LogP contribution >= 0.6 is 0 Å². The first-order chi connectivity index (χ1) is 16.3. The molecule has 0 heterocycles. The molecular weight excluding hydrogens is 613 g/mol. The molecule has 0 N–H and O–H groups in total. The van der Waals surface area contributed by atoms with Gasteiger partial charge in [0.2, 0.25) is 0 Å². The van der Waals surface area contributed by atoms with E-state index in [4.69, 9.17) is 0 Å². The van der Waals surface area contributed by atoms with Crippen molar-refractivity contribution >= 4 is 16.0 Å². The summed E-state index contributed by atoms with van der Waals surface area (Å²) in [4.78, 5) is 11.4. The van der Waals surface area contributed by atoms with Gasteiger partial charge in [0, 0.05) is 6.04 Å². The van der Waals surface area contributed by atoms with Crippen molar-refractivity contribution in [3.8, 4) is 0 Å². The Balaban J connectivity index is 7.08. The lowest BCUT2D eigenvalue weighted by atomic mass is 9.91. The zero-order valence-electron chi connectivity index (χ0n) is 18.4. The topological polar surface area (TPSA) is 63.7 Å².